The number of hydrogen-bond donors (Lipinski definition) is 15. The lowest BCUT2D eigenvalue weighted by Crippen LogP contribution is -2.60. The number of hydrogen-bond acceptors (Lipinski definition) is 15. The van der Waals surface area contributed by atoms with Crippen LogP contribution in [0, 0.1) is 17.8 Å². The van der Waals surface area contributed by atoms with Crippen molar-refractivity contribution in [1.29, 1.82) is 0 Å². The van der Waals surface area contributed by atoms with E-state index in [-0.39, 0.29) is 62.0 Å². The van der Waals surface area contributed by atoms with E-state index in [1.807, 2.05) is 41.5 Å². The minimum absolute atomic E-state index is 0.0278. The molecule has 1 aromatic carbocycles. The third-order valence-corrected chi connectivity index (χ3v) is 11.9. The van der Waals surface area contributed by atoms with Crippen LogP contribution in [0.25, 0.3) is 0 Å². The Morgan fingerprint density at radius 2 is 0.932 bits per heavy atom. The summed E-state index contributed by atoms with van der Waals surface area (Å²) in [5.41, 5.74) is 7.50. The quantitative estimate of drug-likeness (QED) is 0.0345. The minimum atomic E-state index is -1.31. The van der Waals surface area contributed by atoms with Crippen LogP contribution in [0.3, 0.4) is 0 Å². The van der Waals surface area contributed by atoms with Crippen molar-refractivity contribution in [1.82, 2.24) is 69.1 Å². The number of carbonyl (C=O) groups excluding carboxylic acids is 10. The predicted octanol–water partition coefficient (Wildman–Crippen LogP) is -2.42. The summed E-state index contributed by atoms with van der Waals surface area (Å²) in [7, 11) is 0. The van der Waals surface area contributed by atoms with E-state index in [4.69, 9.17) is 5.73 Å². The summed E-state index contributed by atoms with van der Waals surface area (Å²) in [6, 6.07) is -0.556. The van der Waals surface area contributed by atoms with Gasteiger partial charge in [0.15, 0.2) is 0 Å². The van der Waals surface area contributed by atoms with Gasteiger partial charge in [0.25, 0.3) is 0 Å². The molecule has 15 N–H and O–H groups in total. The number of amides is 10. The van der Waals surface area contributed by atoms with Gasteiger partial charge in [-0.1, -0.05) is 71.9 Å². The average Bonchev–Trinajstić information content (AvgIpc) is 4.06. The van der Waals surface area contributed by atoms with Crippen LogP contribution in [0.1, 0.15) is 93.1 Å². The standard InChI is InChI=1S/C49H78N14O10S/c1-26(2)14-35(58-41(65)22-53-44(68)40(23-74)57-30(8)64)46(70)62-38(17-31-12-10-9-11-13-31)49(73)63-39(19-33-21-52-25-55-33)45(69)56-29(7)43(67)60-36(15-27(3)4)48(72)61-37(16-28(5)6)47(71)59-34(42(50)66)18-32-20-51-24-54-32/h9-13,20-21,26-29,34-40,51-52,54-55,74H,14-19,22-25H2,1-8H3,(H2,50,66)(H,53,68)(H,56,69)(H,57,64)(H,58,65)(H,59,71)(H,60,67)(H,61,72)(H,62,70)(H,63,73)/t29-,34-,35-,36-,37-,38?,39-,40-/m0/s1. The van der Waals surface area contributed by atoms with Crippen molar-refractivity contribution in [2.24, 2.45) is 23.5 Å². The molecule has 0 saturated carbocycles. The number of thiol groups is 1. The molecule has 2 aliphatic heterocycles. The molecule has 3 rings (SSSR count). The minimum Gasteiger partial charge on any atom is -0.372 e. The summed E-state index contributed by atoms with van der Waals surface area (Å²) in [4.78, 5) is 134. The highest BCUT2D eigenvalue weighted by molar-refractivity contribution is 7.80. The third kappa shape index (κ3) is 22.0. The van der Waals surface area contributed by atoms with E-state index in [0.29, 0.717) is 30.3 Å². The van der Waals surface area contributed by atoms with Gasteiger partial charge in [0, 0.05) is 55.7 Å². The smallest absolute Gasteiger partial charge is 0.243 e. The van der Waals surface area contributed by atoms with Crippen molar-refractivity contribution < 1.29 is 47.9 Å². The van der Waals surface area contributed by atoms with E-state index < -0.39 is 114 Å². The normalized spacial score (nSPS) is 16.0. The molecule has 410 valence electrons. The Kier molecular flexibility index (Phi) is 25.5. The third-order valence-electron chi connectivity index (χ3n) is 11.5. The maximum atomic E-state index is 14.4. The summed E-state index contributed by atoms with van der Waals surface area (Å²) < 4.78 is 0. The number of rotatable bonds is 31. The van der Waals surface area contributed by atoms with Crippen molar-refractivity contribution in [2.75, 3.05) is 25.6 Å². The molecular formula is C49H78N14O10S. The van der Waals surface area contributed by atoms with Crippen LogP contribution in [-0.2, 0) is 54.4 Å². The zero-order valence-electron chi connectivity index (χ0n) is 43.6. The van der Waals surface area contributed by atoms with Gasteiger partial charge in [-0.15, -0.1) is 0 Å². The zero-order valence-corrected chi connectivity index (χ0v) is 44.5. The van der Waals surface area contributed by atoms with E-state index >= 15 is 0 Å². The zero-order chi connectivity index (χ0) is 55.1. The molecule has 1 aromatic rings. The van der Waals surface area contributed by atoms with Gasteiger partial charge in [-0.2, -0.15) is 12.6 Å². The first-order valence-electron chi connectivity index (χ1n) is 24.9. The number of nitrogens with one attached hydrogen (secondary N) is 13. The molecule has 8 atom stereocenters. The van der Waals surface area contributed by atoms with Crippen LogP contribution in [0.15, 0.2) is 54.1 Å². The fourth-order valence-electron chi connectivity index (χ4n) is 7.82. The molecular weight excluding hydrogens is 977 g/mol. The first kappa shape index (κ1) is 61.3. The molecule has 0 radical (unpaired) electrons. The van der Waals surface area contributed by atoms with E-state index in [2.05, 4.69) is 81.7 Å². The Hall–Kier alpha value is -7.05. The largest absolute Gasteiger partial charge is 0.372 e. The monoisotopic (exact) mass is 1050 g/mol. The van der Waals surface area contributed by atoms with Crippen molar-refractivity contribution in [3.63, 3.8) is 0 Å². The van der Waals surface area contributed by atoms with Gasteiger partial charge in [-0.25, -0.2) is 0 Å². The Labute approximate surface area is 438 Å². The highest BCUT2D eigenvalue weighted by Gasteiger charge is 2.35. The first-order valence-corrected chi connectivity index (χ1v) is 25.5. The van der Waals surface area contributed by atoms with Crippen LogP contribution in [0.5, 0.6) is 0 Å². The van der Waals surface area contributed by atoms with Crippen LogP contribution < -0.4 is 74.9 Å². The van der Waals surface area contributed by atoms with Gasteiger partial charge in [-0.05, 0) is 49.5 Å². The van der Waals surface area contributed by atoms with Gasteiger partial charge < -0.3 is 74.9 Å². The van der Waals surface area contributed by atoms with Gasteiger partial charge in [-0.3, -0.25) is 47.9 Å². The number of benzene rings is 1. The van der Waals surface area contributed by atoms with Crippen molar-refractivity contribution in [3.8, 4) is 0 Å². The van der Waals surface area contributed by atoms with E-state index in [0.717, 1.165) is 0 Å². The predicted molar refractivity (Wildman–Crippen MR) is 279 cm³/mol. The van der Waals surface area contributed by atoms with Crippen molar-refractivity contribution in [3.05, 3.63) is 59.7 Å². The Morgan fingerprint density at radius 1 is 0.514 bits per heavy atom. The van der Waals surface area contributed by atoms with Gasteiger partial charge in [0.05, 0.1) is 19.9 Å². The molecule has 0 bridgehead atoms. The van der Waals surface area contributed by atoms with Crippen molar-refractivity contribution >= 4 is 71.7 Å². The SMILES string of the molecule is CC(=O)N[C@@H](CS)C(=O)NCC(=O)N[C@@H](CC(C)C)C(=O)NC(Cc1ccccc1)C(=O)N[C@@H](CC1=CNCN1)C(=O)N[C@@H](C)C(=O)N[C@@H](CC(C)C)C(=O)N[C@@H](CC(C)C)C(=O)N[C@@H](CC1=CNCN1)C(N)=O. The lowest BCUT2D eigenvalue weighted by molar-refractivity contribution is -0.135. The second kappa shape index (κ2) is 30.9. The maximum absolute atomic E-state index is 14.4. The Bertz CT molecular complexity index is 2190. The molecule has 25 heteroatoms. The number of carbonyl (C=O) groups is 10. The second-order valence-electron chi connectivity index (χ2n) is 19.7. The molecule has 2 heterocycles. The van der Waals surface area contributed by atoms with Gasteiger partial charge in [0.2, 0.25) is 59.1 Å². The van der Waals surface area contributed by atoms with Gasteiger partial charge >= 0.3 is 0 Å². The van der Waals surface area contributed by atoms with Gasteiger partial charge in [0.1, 0.15) is 48.3 Å². The summed E-state index contributed by atoms with van der Waals surface area (Å²) >= 11 is 4.08. The fraction of sp³-hybridized carbons (Fsp3) is 0.592. The summed E-state index contributed by atoms with van der Waals surface area (Å²) in [6.07, 6.45) is 3.79. The van der Waals surface area contributed by atoms with E-state index in [1.165, 1.54) is 13.8 Å². The fourth-order valence-corrected chi connectivity index (χ4v) is 8.08. The van der Waals surface area contributed by atoms with Crippen LogP contribution >= 0.6 is 12.6 Å². The molecule has 24 nitrogen and oxygen atoms in total. The number of primary amides is 1. The lowest BCUT2D eigenvalue weighted by atomic mass is 9.99. The Balaban J connectivity index is 1.80. The van der Waals surface area contributed by atoms with Crippen molar-refractivity contribution in [2.45, 2.75) is 142 Å². The molecule has 0 saturated heterocycles. The second-order valence-corrected chi connectivity index (χ2v) is 20.0. The molecule has 0 aliphatic carbocycles. The average molecular weight is 1060 g/mol. The highest BCUT2D eigenvalue weighted by Crippen LogP contribution is 2.14. The van der Waals surface area contributed by atoms with Crippen LogP contribution in [-0.4, -0.2) is 133 Å². The molecule has 74 heavy (non-hydrogen) atoms. The summed E-state index contributed by atoms with van der Waals surface area (Å²) in [6.45, 7) is 14.0. The van der Waals surface area contributed by atoms with E-state index in [9.17, 15) is 47.9 Å². The first-order chi connectivity index (χ1) is 34.9. The van der Waals surface area contributed by atoms with Crippen LogP contribution in [0.4, 0.5) is 0 Å². The van der Waals surface area contributed by atoms with Crippen LogP contribution in [0.2, 0.25) is 0 Å². The molecule has 0 spiro atoms. The van der Waals surface area contributed by atoms with E-state index in [1.54, 1.807) is 42.7 Å². The summed E-state index contributed by atoms with van der Waals surface area (Å²) in [5, 5.41) is 35.8. The molecule has 2 aliphatic rings. The summed E-state index contributed by atoms with van der Waals surface area (Å²) in [5.74, 6) is -7.22. The maximum Gasteiger partial charge on any atom is 0.243 e. The Morgan fingerprint density at radius 3 is 1.38 bits per heavy atom. The molecule has 0 aromatic heterocycles. The number of nitrogens with two attached hydrogens (primary N) is 1. The topological polar surface area (TPSA) is 353 Å². The lowest BCUT2D eigenvalue weighted by Gasteiger charge is -2.28. The molecule has 10 amide bonds. The molecule has 1 unspecified atom stereocenters. The molecule has 0 fully saturated rings. The highest BCUT2D eigenvalue weighted by atomic mass is 32.1.